The highest BCUT2D eigenvalue weighted by Crippen LogP contribution is 2.20. The summed E-state index contributed by atoms with van der Waals surface area (Å²) in [5, 5.41) is 12.1. The van der Waals surface area contributed by atoms with E-state index in [0.717, 1.165) is 22.3 Å². The maximum atomic E-state index is 12.5. The second kappa shape index (κ2) is 11.8. The molecule has 6 heteroatoms. The maximum Gasteiger partial charge on any atom is 0.333 e. The zero-order valence-electron chi connectivity index (χ0n) is 18.9. The number of hydrogen-bond donors (Lipinski definition) is 2. The van der Waals surface area contributed by atoms with Gasteiger partial charge in [0.05, 0.1) is 0 Å². The van der Waals surface area contributed by atoms with Crippen LogP contribution in [0.15, 0.2) is 78.9 Å². The van der Waals surface area contributed by atoms with Crippen molar-refractivity contribution in [1.29, 1.82) is 0 Å². The van der Waals surface area contributed by atoms with E-state index in [1.165, 1.54) is 0 Å². The molecule has 1 unspecified atom stereocenters. The standard InChI is InChI=1S/C27H29NO5/c1-3-32-25(27(30)31)17-20-12-14-24(15-13-20)33-19(2)26(29)28-18-21-8-7-11-23(16-21)22-9-5-4-6-10-22/h4-16,19,25H,3,17-18H2,1-2H3,(H,28,29)(H,30,31)/t19?,25-/m0/s1. The van der Waals surface area contributed by atoms with E-state index in [0.29, 0.717) is 18.9 Å². The van der Waals surface area contributed by atoms with Gasteiger partial charge in [-0.05, 0) is 54.3 Å². The van der Waals surface area contributed by atoms with Gasteiger partial charge in [0, 0.05) is 19.6 Å². The van der Waals surface area contributed by atoms with Crippen molar-refractivity contribution in [3.63, 3.8) is 0 Å². The first-order chi connectivity index (χ1) is 16.0. The van der Waals surface area contributed by atoms with E-state index >= 15 is 0 Å². The first-order valence-corrected chi connectivity index (χ1v) is 11.0. The van der Waals surface area contributed by atoms with Crippen molar-refractivity contribution >= 4 is 11.9 Å². The molecule has 0 saturated carbocycles. The van der Waals surface area contributed by atoms with Gasteiger partial charge in [-0.2, -0.15) is 0 Å². The lowest BCUT2D eigenvalue weighted by Crippen LogP contribution is -2.35. The monoisotopic (exact) mass is 447 g/mol. The summed E-state index contributed by atoms with van der Waals surface area (Å²) in [5.41, 5.74) is 4.05. The molecule has 172 valence electrons. The molecular weight excluding hydrogens is 418 g/mol. The molecule has 3 aromatic rings. The van der Waals surface area contributed by atoms with Crippen LogP contribution < -0.4 is 10.1 Å². The number of ether oxygens (including phenoxy) is 2. The smallest absolute Gasteiger partial charge is 0.333 e. The van der Waals surface area contributed by atoms with Crippen LogP contribution in [0.4, 0.5) is 0 Å². The molecule has 0 heterocycles. The van der Waals surface area contributed by atoms with Gasteiger partial charge in [-0.1, -0.05) is 60.7 Å². The van der Waals surface area contributed by atoms with Gasteiger partial charge in [-0.25, -0.2) is 4.79 Å². The highest BCUT2D eigenvalue weighted by molar-refractivity contribution is 5.80. The van der Waals surface area contributed by atoms with Crippen LogP contribution in [-0.4, -0.2) is 35.8 Å². The molecule has 1 amide bonds. The van der Waals surface area contributed by atoms with Crippen LogP contribution in [0.3, 0.4) is 0 Å². The number of hydrogen-bond acceptors (Lipinski definition) is 4. The number of carbonyl (C=O) groups is 2. The number of carbonyl (C=O) groups excluding carboxylic acids is 1. The van der Waals surface area contributed by atoms with Crippen LogP contribution in [0.2, 0.25) is 0 Å². The molecule has 0 radical (unpaired) electrons. The Morgan fingerprint density at radius 3 is 2.27 bits per heavy atom. The number of benzene rings is 3. The van der Waals surface area contributed by atoms with Crippen LogP contribution in [0.1, 0.15) is 25.0 Å². The summed E-state index contributed by atoms with van der Waals surface area (Å²) >= 11 is 0. The molecule has 0 bridgehead atoms. The first kappa shape index (κ1) is 24.0. The summed E-state index contributed by atoms with van der Waals surface area (Å²) in [5.74, 6) is -0.668. The highest BCUT2D eigenvalue weighted by atomic mass is 16.5. The Hall–Kier alpha value is -3.64. The van der Waals surface area contributed by atoms with Crippen LogP contribution in [-0.2, 0) is 27.3 Å². The molecule has 0 aliphatic heterocycles. The van der Waals surface area contributed by atoms with Crippen molar-refractivity contribution in [1.82, 2.24) is 5.32 Å². The molecule has 3 rings (SSSR count). The summed E-state index contributed by atoms with van der Waals surface area (Å²) in [4.78, 5) is 23.8. The van der Waals surface area contributed by atoms with Crippen molar-refractivity contribution in [3.8, 4) is 16.9 Å². The van der Waals surface area contributed by atoms with Gasteiger partial charge < -0.3 is 19.9 Å². The SMILES string of the molecule is CCO[C@@H](Cc1ccc(OC(C)C(=O)NCc2cccc(-c3ccccc3)c2)cc1)C(=O)O. The topological polar surface area (TPSA) is 84.9 Å². The molecule has 0 aliphatic rings. The van der Waals surface area contributed by atoms with Gasteiger partial charge >= 0.3 is 5.97 Å². The lowest BCUT2D eigenvalue weighted by Gasteiger charge is -2.16. The van der Waals surface area contributed by atoms with Gasteiger partial charge in [0.1, 0.15) is 5.75 Å². The highest BCUT2D eigenvalue weighted by Gasteiger charge is 2.18. The lowest BCUT2D eigenvalue weighted by atomic mass is 10.0. The Bertz CT molecular complexity index is 1050. The minimum absolute atomic E-state index is 0.216. The summed E-state index contributed by atoms with van der Waals surface area (Å²) < 4.78 is 11.0. The fraction of sp³-hybridized carbons (Fsp3) is 0.259. The van der Waals surface area contributed by atoms with Gasteiger partial charge in [0.25, 0.3) is 5.91 Å². The Balaban J connectivity index is 1.52. The van der Waals surface area contributed by atoms with E-state index < -0.39 is 18.2 Å². The van der Waals surface area contributed by atoms with Gasteiger partial charge in [-0.15, -0.1) is 0 Å². The van der Waals surface area contributed by atoms with Gasteiger partial charge in [0.2, 0.25) is 0 Å². The fourth-order valence-corrected chi connectivity index (χ4v) is 3.42. The Labute approximate surface area is 194 Å². The van der Waals surface area contributed by atoms with E-state index in [1.807, 2.05) is 36.4 Å². The minimum Gasteiger partial charge on any atom is -0.481 e. The molecule has 0 saturated heterocycles. The second-order valence-electron chi connectivity index (χ2n) is 7.67. The molecule has 33 heavy (non-hydrogen) atoms. The molecule has 0 aromatic heterocycles. The summed E-state index contributed by atoms with van der Waals surface area (Å²) in [6, 6.07) is 25.2. The number of nitrogens with one attached hydrogen (secondary N) is 1. The zero-order chi connectivity index (χ0) is 23.6. The van der Waals surface area contributed by atoms with E-state index in [1.54, 1.807) is 38.1 Å². The molecule has 2 atom stereocenters. The van der Waals surface area contributed by atoms with Crippen LogP contribution in [0.5, 0.6) is 5.75 Å². The van der Waals surface area contributed by atoms with Crippen LogP contribution >= 0.6 is 0 Å². The van der Waals surface area contributed by atoms with Crippen molar-refractivity contribution in [2.45, 2.75) is 39.0 Å². The van der Waals surface area contributed by atoms with Crippen molar-refractivity contribution in [2.75, 3.05) is 6.61 Å². The normalized spacial score (nSPS) is 12.5. The third kappa shape index (κ3) is 7.19. The fourth-order valence-electron chi connectivity index (χ4n) is 3.42. The maximum absolute atomic E-state index is 12.5. The summed E-state index contributed by atoms with van der Waals surface area (Å²) in [6.07, 6.45) is -1.29. The summed E-state index contributed by atoms with van der Waals surface area (Å²) in [7, 11) is 0. The Morgan fingerprint density at radius 1 is 0.909 bits per heavy atom. The van der Waals surface area contributed by atoms with E-state index in [-0.39, 0.29) is 12.3 Å². The van der Waals surface area contributed by atoms with Gasteiger partial charge in [-0.3, -0.25) is 4.79 Å². The molecule has 0 aliphatic carbocycles. The number of aliphatic carboxylic acids is 1. The molecular formula is C27H29NO5. The second-order valence-corrected chi connectivity index (χ2v) is 7.67. The number of rotatable bonds is 11. The lowest BCUT2D eigenvalue weighted by molar-refractivity contribution is -0.150. The number of amides is 1. The van der Waals surface area contributed by atoms with E-state index in [2.05, 4.69) is 23.5 Å². The Morgan fingerprint density at radius 2 is 1.61 bits per heavy atom. The predicted octanol–water partition coefficient (Wildman–Crippen LogP) is 4.47. The quantitative estimate of drug-likeness (QED) is 0.453. The van der Waals surface area contributed by atoms with Crippen LogP contribution in [0.25, 0.3) is 11.1 Å². The van der Waals surface area contributed by atoms with Crippen molar-refractivity contribution < 1.29 is 24.2 Å². The molecule has 0 fully saturated rings. The van der Waals surface area contributed by atoms with E-state index in [9.17, 15) is 14.7 Å². The minimum atomic E-state index is -0.989. The average Bonchev–Trinajstić information content (AvgIpc) is 2.84. The Kier molecular flexibility index (Phi) is 8.61. The van der Waals surface area contributed by atoms with Crippen molar-refractivity contribution in [2.24, 2.45) is 0 Å². The third-order valence-corrected chi connectivity index (χ3v) is 5.17. The predicted molar refractivity (Wildman–Crippen MR) is 127 cm³/mol. The van der Waals surface area contributed by atoms with Gasteiger partial charge in [0.15, 0.2) is 12.2 Å². The molecule has 6 nitrogen and oxygen atoms in total. The largest absolute Gasteiger partial charge is 0.481 e. The van der Waals surface area contributed by atoms with E-state index in [4.69, 9.17) is 9.47 Å². The molecule has 2 N–H and O–H groups in total. The zero-order valence-corrected chi connectivity index (χ0v) is 18.9. The molecule has 3 aromatic carbocycles. The average molecular weight is 448 g/mol. The van der Waals surface area contributed by atoms with Crippen LogP contribution in [0, 0.1) is 0 Å². The van der Waals surface area contributed by atoms with Crippen molar-refractivity contribution in [3.05, 3.63) is 90.0 Å². The number of carboxylic acid groups (broad SMARTS) is 1. The molecule has 0 spiro atoms. The summed E-state index contributed by atoms with van der Waals surface area (Å²) in [6.45, 7) is 4.19. The number of carboxylic acids is 1. The third-order valence-electron chi connectivity index (χ3n) is 5.17. The first-order valence-electron chi connectivity index (χ1n) is 11.0.